The Morgan fingerprint density at radius 2 is 1.67 bits per heavy atom. The number of hydrogen-bond donors (Lipinski definition) is 1. The van der Waals surface area contributed by atoms with Crippen molar-refractivity contribution < 1.29 is 0 Å². The Labute approximate surface area is 111 Å². The van der Waals surface area contributed by atoms with Crippen molar-refractivity contribution in [3.8, 4) is 0 Å². The van der Waals surface area contributed by atoms with Crippen LogP contribution in [0.3, 0.4) is 0 Å². The normalized spacial score (nSPS) is 18.1. The van der Waals surface area contributed by atoms with E-state index in [1.165, 1.54) is 11.3 Å². The van der Waals surface area contributed by atoms with Gasteiger partial charge in [0.2, 0.25) is 0 Å². The zero-order valence-electron chi connectivity index (χ0n) is 12.0. The highest BCUT2D eigenvalue weighted by Crippen LogP contribution is 2.26. The molecule has 1 aromatic rings. The Morgan fingerprint density at radius 3 is 2.17 bits per heavy atom. The molecule has 100 valence electrons. The van der Waals surface area contributed by atoms with Gasteiger partial charge in [-0.2, -0.15) is 0 Å². The first-order valence-electron chi connectivity index (χ1n) is 6.74. The Bertz CT molecular complexity index is 412. The fourth-order valence-electron chi connectivity index (χ4n) is 2.58. The summed E-state index contributed by atoms with van der Waals surface area (Å²) in [5.74, 6) is 0. The second kappa shape index (κ2) is 4.81. The molecule has 0 aromatic heterocycles. The van der Waals surface area contributed by atoms with Crippen LogP contribution in [-0.2, 0) is 0 Å². The first-order valence-corrected chi connectivity index (χ1v) is 6.74. The van der Waals surface area contributed by atoms with Crippen molar-refractivity contribution in [1.29, 1.82) is 0 Å². The number of nitrogens with two attached hydrogens (primary N) is 1. The van der Waals surface area contributed by atoms with Crippen LogP contribution in [-0.4, -0.2) is 36.6 Å². The van der Waals surface area contributed by atoms with Crippen molar-refractivity contribution in [2.24, 2.45) is 0 Å². The average molecular weight is 247 g/mol. The van der Waals surface area contributed by atoms with Crippen LogP contribution >= 0.6 is 0 Å². The fraction of sp³-hybridized carbons (Fsp3) is 0.600. The van der Waals surface area contributed by atoms with Gasteiger partial charge in [-0.15, -0.1) is 0 Å². The minimum atomic E-state index is 0.269. The maximum atomic E-state index is 6.12. The molecule has 0 aliphatic carbocycles. The highest BCUT2D eigenvalue weighted by atomic mass is 15.3. The maximum Gasteiger partial charge on any atom is 0.0601 e. The lowest BCUT2D eigenvalue weighted by Gasteiger charge is -2.43. The van der Waals surface area contributed by atoms with E-state index in [9.17, 15) is 0 Å². The quantitative estimate of drug-likeness (QED) is 0.774. The second-order valence-corrected chi connectivity index (χ2v) is 6.21. The molecule has 2 rings (SSSR count). The average Bonchev–Trinajstić information content (AvgIpc) is 2.28. The lowest BCUT2D eigenvalue weighted by atomic mass is 10.0. The molecule has 0 saturated carbocycles. The third-order valence-electron chi connectivity index (χ3n) is 3.75. The minimum absolute atomic E-state index is 0.269. The standard InChI is InChI=1S/C15H25N3/c1-12-5-6-14(13(16)11-12)17-7-9-18(10-8-17)15(2,3)4/h5-6,11H,7-10,16H2,1-4H3. The van der Waals surface area contributed by atoms with Crippen molar-refractivity contribution in [2.45, 2.75) is 33.2 Å². The van der Waals surface area contributed by atoms with E-state index in [4.69, 9.17) is 5.73 Å². The summed E-state index contributed by atoms with van der Waals surface area (Å²) >= 11 is 0. The number of nitrogen functional groups attached to an aromatic ring is 1. The molecule has 1 aromatic carbocycles. The summed E-state index contributed by atoms with van der Waals surface area (Å²) in [4.78, 5) is 4.94. The van der Waals surface area contributed by atoms with Gasteiger partial charge in [0, 0.05) is 31.7 Å². The number of piperazine rings is 1. The number of aryl methyl sites for hydroxylation is 1. The smallest absolute Gasteiger partial charge is 0.0601 e. The number of anilines is 2. The van der Waals surface area contributed by atoms with Gasteiger partial charge >= 0.3 is 0 Å². The van der Waals surface area contributed by atoms with Crippen LogP contribution < -0.4 is 10.6 Å². The van der Waals surface area contributed by atoms with E-state index in [1.807, 2.05) is 0 Å². The zero-order valence-corrected chi connectivity index (χ0v) is 12.0. The van der Waals surface area contributed by atoms with Gasteiger partial charge in [0.25, 0.3) is 0 Å². The molecule has 18 heavy (non-hydrogen) atoms. The SMILES string of the molecule is Cc1ccc(N2CCN(C(C)(C)C)CC2)c(N)c1. The van der Waals surface area contributed by atoms with E-state index >= 15 is 0 Å². The van der Waals surface area contributed by atoms with Crippen molar-refractivity contribution in [3.05, 3.63) is 23.8 Å². The molecule has 0 radical (unpaired) electrons. The first kappa shape index (κ1) is 13.2. The Kier molecular flexibility index (Phi) is 3.53. The van der Waals surface area contributed by atoms with E-state index < -0.39 is 0 Å². The number of benzene rings is 1. The molecule has 1 fully saturated rings. The molecule has 1 saturated heterocycles. The fourth-order valence-corrected chi connectivity index (χ4v) is 2.58. The molecule has 3 heteroatoms. The third kappa shape index (κ3) is 2.78. The van der Waals surface area contributed by atoms with Gasteiger partial charge in [0.15, 0.2) is 0 Å². The van der Waals surface area contributed by atoms with E-state index in [0.29, 0.717) is 0 Å². The van der Waals surface area contributed by atoms with Crippen LogP contribution in [0.4, 0.5) is 11.4 Å². The molecular weight excluding hydrogens is 222 g/mol. The largest absolute Gasteiger partial charge is 0.397 e. The van der Waals surface area contributed by atoms with Gasteiger partial charge in [0.1, 0.15) is 0 Å². The molecule has 2 N–H and O–H groups in total. The van der Waals surface area contributed by atoms with Crippen LogP contribution in [0.5, 0.6) is 0 Å². The lowest BCUT2D eigenvalue weighted by molar-refractivity contribution is 0.128. The van der Waals surface area contributed by atoms with Crippen molar-refractivity contribution in [3.63, 3.8) is 0 Å². The summed E-state index contributed by atoms with van der Waals surface area (Å²) < 4.78 is 0. The Hall–Kier alpha value is -1.22. The maximum absolute atomic E-state index is 6.12. The summed E-state index contributed by atoms with van der Waals surface area (Å²) in [7, 11) is 0. The molecule has 0 amide bonds. The van der Waals surface area contributed by atoms with E-state index in [1.54, 1.807) is 0 Å². The molecule has 0 atom stereocenters. The summed E-state index contributed by atoms with van der Waals surface area (Å²) in [6.45, 7) is 13.3. The van der Waals surface area contributed by atoms with E-state index in [2.05, 4.69) is 55.7 Å². The highest BCUT2D eigenvalue weighted by Gasteiger charge is 2.26. The monoisotopic (exact) mass is 247 g/mol. The van der Waals surface area contributed by atoms with Crippen LogP contribution in [0.2, 0.25) is 0 Å². The van der Waals surface area contributed by atoms with Gasteiger partial charge in [-0.05, 0) is 45.4 Å². The zero-order chi connectivity index (χ0) is 13.3. The molecule has 0 spiro atoms. The van der Waals surface area contributed by atoms with Crippen molar-refractivity contribution >= 4 is 11.4 Å². The van der Waals surface area contributed by atoms with Crippen LogP contribution in [0, 0.1) is 6.92 Å². The lowest BCUT2D eigenvalue weighted by Crippen LogP contribution is -2.53. The van der Waals surface area contributed by atoms with Crippen LogP contribution in [0.25, 0.3) is 0 Å². The van der Waals surface area contributed by atoms with Crippen LogP contribution in [0.15, 0.2) is 18.2 Å². The van der Waals surface area contributed by atoms with E-state index in [-0.39, 0.29) is 5.54 Å². The predicted octanol–water partition coefficient (Wildman–Crippen LogP) is 2.50. The molecule has 1 heterocycles. The molecule has 3 nitrogen and oxygen atoms in total. The minimum Gasteiger partial charge on any atom is -0.397 e. The van der Waals surface area contributed by atoms with Gasteiger partial charge in [0.05, 0.1) is 11.4 Å². The molecule has 0 unspecified atom stereocenters. The molecule has 1 aliphatic rings. The summed E-state index contributed by atoms with van der Waals surface area (Å²) in [6, 6.07) is 6.35. The molecular formula is C15H25N3. The molecule has 0 bridgehead atoms. The summed E-state index contributed by atoms with van der Waals surface area (Å²) in [5, 5.41) is 0. The topological polar surface area (TPSA) is 32.5 Å². The van der Waals surface area contributed by atoms with Gasteiger partial charge in [-0.3, -0.25) is 4.90 Å². The van der Waals surface area contributed by atoms with Crippen LogP contribution in [0.1, 0.15) is 26.3 Å². The number of nitrogens with zero attached hydrogens (tertiary/aromatic N) is 2. The van der Waals surface area contributed by atoms with Crippen molar-refractivity contribution in [2.75, 3.05) is 36.8 Å². The van der Waals surface area contributed by atoms with Gasteiger partial charge in [-0.25, -0.2) is 0 Å². The van der Waals surface area contributed by atoms with Gasteiger partial charge in [-0.1, -0.05) is 6.07 Å². The predicted molar refractivity (Wildman–Crippen MR) is 79.1 cm³/mol. The summed E-state index contributed by atoms with van der Waals surface area (Å²) in [5.41, 5.74) is 9.70. The third-order valence-corrected chi connectivity index (χ3v) is 3.75. The van der Waals surface area contributed by atoms with Crippen molar-refractivity contribution in [1.82, 2.24) is 4.90 Å². The number of rotatable bonds is 1. The number of hydrogen-bond acceptors (Lipinski definition) is 3. The van der Waals surface area contributed by atoms with E-state index in [0.717, 1.165) is 31.9 Å². The second-order valence-electron chi connectivity index (χ2n) is 6.21. The Balaban J connectivity index is 2.06. The highest BCUT2D eigenvalue weighted by molar-refractivity contribution is 5.68. The van der Waals surface area contributed by atoms with Gasteiger partial charge < -0.3 is 10.6 Å². The molecule has 1 aliphatic heterocycles. The first-order chi connectivity index (χ1) is 8.38. The summed E-state index contributed by atoms with van der Waals surface area (Å²) in [6.07, 6.45) is 0. The Morgan fingerprint density at radius 1 is 1.06 bits per heavy atom.